The van der Waals surface area contributed by atoms with E-state index in [0.717, 1.165) is 17.7 Å². The number of carbonyl (C=O) groups is 4. The number of hydrogen-bond acceptors (Lipinski definition) is 6. The van der Waals surface area contributed by atoms with Crippen molar-refractivity contribution in [2.24, 2.45) is 0 Å². The van der Waals surface area contributed by atoms with Crippen LogP contribution in [0.1, 0.15) is 75.4 Å². The predicted molar refractivity (Wildman–Crippen MR) is 175 cm³/mol. The van der Waals surface area contributed by atoms with E-state index in [1.807, 2.05) is 18.2 Å². The number of hydrogen-bond donors (Lipinski definition) is 2. The Morgan fingerprint density at radius 1 is 0.638 bits per heavy atom. The Kier molecular flexibility index (Phi) is 12.3. The normalized spacial score (nSPS) is 13.0. The molecule has 0 amide bonds. The van der Waals surface area contributed by atoms with Gasteiger partial charge in [-0.05, 0) is 96.1 Å². The third kappa shape index (κ3) is 10.9. The van der Waals surface area contributed by atoms with Crippen LogP contribution in [-0.2, 0) is 9.59 Å². The summed E-state index contributed by atoms with van der Waals surface area (Å²) < 4.78 is 24.0. The van der Waals surface area contributed by atoms with Crippen LogP contribution >= 0.6 is 0 Å². The minimum absolute atomic E-state index is 0.203. The highest BCUT2D eigenvalue weighted by atomic mass is 19.1. The topological polar surface area (TPSA) is 127 Å². The summed E-state index contributed by atoms with van der Waals surface area (Å²) in [6.45, 7) is 0. The first-order valence-electron chi connectivity index (χ1n) is 15.0. The van der Waals surface area contributed by atoms with E-state index in [9.17, 15) is 23.6 Å². The minimum Gasteiger partial charge on any atom is -0.478 e. The molecular formula is C38H33FO8. The van der Waals surface area contributed by atoms with Gasteiger partial charge >= 0.3 is 23.9 Å². The summed E-state index contributed by atoms with van der Waals surface area (Å²) in [6.07, 6.45) is 11.7. The van der Waals surface area contributed by atoms with E-state index in [1.54, 1.807) is 54.6 Å². The molecule has 4 aromatic rings. The van der Waals surface area contributed by atoms with Gasteiger partial charge in [-0.2, -0.15) is 0 Å². The summed E-state index contributed by atoms with van der Waals surface area (Å²) in [4.78, 5) is 45.0. The van der Waals surface area contributed by atoms with Crippen molar-refractivity contribution >= 4 is 36.0 Å². The SMILES string of the molecule is O=C(/C=C/c1ccc(C(=O)O)c(F)c1)Oc1ccc(C2CCCCC2)cc1.O=C(/C=C/c1ccc(C(=O)O)cc1)Oc1ccccc1. The number of halogens is 1. The monoisotopic (exact) mass is 636 g/mol. The van der Waals surface area contributed by atoms with Gasteiger partial charge in [0.2, 0.25) is 0 Å². The summed E-state index contributed by atoms with van der Waals surface area (Å²) in [5.74, 6) is -2.71. The highest BCUT2D eigenvalue weighted by molar-refractivity contribution is 5.91. The lowest BCUT2D eigenvalue weighted by Crippen LogP contribution is -2.06. The summed E-state index contributed by atoms with van der Waals surface area (Å²) in [6, 6.07) is 26.2. The number of carbonyl (C=O) groups excluding carboxylic acids is 2. The van der Waals surface area contributed by atoms with Gasteiger partial charge in [0, 0.05) is 12.2 Å². The molecule has 4 aromatic carbocycles. The van der Waals surface area contributed by atoms with Crippen LogP contribution in [0.15, 0.2) is 109 Å². The fraction of sp³-hybridized carbons (Fsp3) is 0.158. The molecule has 0 spiro atoms. The van der Waals surface area contributed by atoms with Gasteiger partial charge in [0.25, 0.3) is 0 Å². The Morgan fingerprint density at radius 3 is 1.74 bits per heavy atom. The van der Waals surface area contributed by atoms with Gasteiger partial charge < -0.3 is 19.7 Å². The van der Waals surface area contributed by atoms with Gasteiger partial charge in [0.1, 0.15) is 17.3 Å². The smallest absolute Gasteiger partial charge is 0.338 e. The van der Waals surface area contributed by atoms with E-state index in [0.29, 0.717) is 23.0 Å². The summed E-state index contributed by atoms with van der Waals surface area (Å²) >= 11 is 0. The third-order valence-corrected chi connectivity index (χ3v) is 7.34. The van der Waals surface area contributed by atoms with Crippen molar-refractivity contribution in [2.75, 3.05) is 0 Å². The van der Waals surface area contributed by atoms with E-state index in [-0.39, 0.29) is 5.56 Å². The second-order valence-electron chi connectivity index (χ2n) is 10.7. The standard InChI is InChI=1S/C22H21FO4.C16H12O4/c23-20-14-15(6-12-19(20)22(25)26)7-13-21(24)27-18-10-8-17(9-11-18)16-4-2-1-3-5-16;17-15(20-14-4-2-1-3-5-14)11-8-12-6-9-13(10-7-12)16(18)19/h6-14,16H,1-5H2,(H,25,26);1-11H,(H,18,19)/b13-7+;11-8+. The lowest BCUT2D eigenvalue weighted by molar-refractivity contribution is -0.129. The Bertz CT molecular complexity index is 1740. The van der Waals surface area contributed by atoms with Gasteiger partial charge in [0.05, 0.1) is 11.1 Å². The van der Waals surface area contributed by atoms with Gasteiger partial charge in [0.15, 0.2) is 0 Å². The maximum atomic E-state index is 13.6. The Balaban J connectivity index is 0.000000223. The molecule has 1 aliphatic rings. The van der Waals surface area contributed by atoms with Crippen LogP contribution in [0.3, 0.4) is 0 Å². The van der Waals surface area contributed by atoms with Gasteiger partial charge in [-0.15, -0.1) is 0 Å². The van der Waals surface area contributed by atoms with Crippen LogP contribution in [-0.4, -0.2) is 34.1 Å². The largest absolute Gasteiger partial charge is 0.478 e. The number of benzene rings is 4. The number of para-hydroxylation sites is 1. The van der Waals surface area contributed by atoms with Crippen LogP contribution in [0.5, 0.6) is 11.5 Å². The fourth-order valence-electron chi connectivity index (χ4n) is 4.91. The highest BCUT2D eigenvalue weighted by Crippen LogP contribution is 2.33. The Labute approximate surface area is 271 Å². The lowest BCUT2D eigenvalue weighted by atomic mass is 9.84. The number of carboxylic acids is 2. The number of ether oxygens (including phenoxy) is 2. The maximum Gasteiger partial charge on any atom is 0.338 e. The Hall–Kier alpha value is -5.83. The minimum atomic E-state index is -1.33. The molecule has 0 aromatic heterocycles. The Morgan fingerprint density at radius 2 is 1.19 bits per heavy atom. The molecule has 0 radical (unpaired) electrons. The number of aromatic carboxylic acids is 2. The van der Waals surface area contributed by atoms with E-state index in [4.69, 9.17) is 19.7 Å². The van der Waals surface area contributed by atoms with Crippen molar-refractivity contribution in [3.8, 4) is 11.5 Å². The quantitative estimate of drug-likeness (QED) is 0.107. The number of carboxylic acid groups (broad SMARTS) is 2. The first-order chi connectivity index (χ1) is 22.7. The van der Waals surface area contributed by atoms with Crippen LogP contribution in [0.4, 0.5) is 4.39 Å². The molecule has 47 heavy (non-hydrogen) atoms. The third-order valence-electron chi connectivity index (χ3n) is 7.34. The number of esters is 2. The molecule has 0 unspecified atom stereocenters. The first-order valence-corrected chi connectivity index (χ1v) is 15.0. The average molecular weight is 637 g/mol. The summed E-state index contributed by atoms with van der Waals surface area (Å²) in [5, 5.41) is 17.6. The molecule has 1 fully saturated rings. The van der Waals surface area contributed by atoms with Gasteiger partial charge in [-0.25, -0.2) is 23.6 Å². The van der Waals surface area contributed by atoms with Crippen molar-refractivity contribution in [3.63, 3.8) is 0 Å². The zero-order valence-electron chi connectivity index (χ0n) is 25.4. The molecule has 2 N–H and O–H groups in total. The molecule has 1 aliphatic carbocycles. The molecule has 240 valence electrons. The molecule has 0 atom stereocenters. The average Bonchev–Trinajstić information content (AvgIpc) is 3.08. The second-order valence-corrected chi connectivity index (χ2v) is 10.7. The zero-order chi connectivity index (χ0) is 33.6. The van der Waals surface area contributed by atoms with E-state index < -0.39 is 35.3 Å². The first kappa shape index (κ1) is 34.1. The molecule has 1 saturated carbocycles. The molecule has 0 saturated heterocycles. The molecule has 5 rings (SSSR count). The van der Waals surface area contributed by atoms with Crippen LogP contribution in [0.25, 0.3) is 12.2 Å². The van der Waals surface area contributed by atoms with Gasteiger partial charge in [-0.3, -0.25) is 0 Å². The molecule has 9 heteroatoms. The highest BCUT2D eigenvalue weighted by Gasteiger charge is 2.15. The maximum absolute atomic E-state index is 13.6. The molecular weight excluding hydrogens is 603 g/mol. The van der Waals surface area contributed by atoms with Crippen LogP contribution in [0.2, 0.25) is 0 Å². The van der Waals surface area contributed by atoms with E-state index in [1.165, 1.54) is 74.1 Å². The molecule has 0 bridgehead atoms. The van der Waals surface area contributed by atoms with Gasteiger partial charge in [-0.1, -0.05) is 67.8 Å². The zero-order valence-corrected chi connectivity index (χ0v) is 25.4. The van der Waals surface area contributed by atoms with Crippen molar-refractivity contribution in [1.29, 1.82) is 0 Å². The van der Waals surface area contributed by atoms with Crippen molar-refractivity contribution in [1.82, 2.24) is 0 Å². The predicted octanol–water partition coefficient (Wildman–Crippen LogP) is 8.19. The van der Waals surface area contributed by atoms with Crippen molar-refractivity contribution in [2.45, 2.75) is 38.0 Å². The molecule has 8 nitrogen and oxygen atoms in total. The second kappa shape index (κ2) is 17.0. The lowest BCUT2D eigenvalue weighted by Gasteiger charge is -2.21. The van der Waals surface area contributed by atoms with Crippen molar-refractivity contribution < 1.29 is 43.3 Å². The molecule has 0 heterocycles. The van der Waals surface area contributed by atoms with Crippen LogP contribution < -0.4 is 9.47 Å². The fourth-order valence-corrected chi connectivity index (χ4v) is 4.91. The molecule has 0 aliphatic heterocycles. The van der Waals surface area contributed by atoms with E-state index >= 15 is 0 Å². The van der Waals surface area contributed by atoms with Crippen LogP contribution in [0, 0.1) is 5.82 Å². The van der Waals surface area contributed by atoms with E-state index in [2.05, 4.69) is 0 Å². The summed E-state index contributed by atoms with van der Waals surface area (Å²) in [7, 11) is 0. The van der Waals surface area contributed by atoms with Crippen molar-refractivity contribution in [3.05, 3.63) is 143 Å². The summed E-state index contributed by atoms with van der Waals surface area (Å²) in [5.41, 5.74) is 2.17. The number of rotatable bonds is 9.